The third-order valence-corrected chi connectivity index (χ3v) is 3.97. The van der Waals surface area contributed by atoms with Crippen molar-refractivity contribution < 1.29 is 14.7 Å². The summed E-state index contributed by atoms with van der Waals surface area (Å²) >= 11 is 0. The molecule has 2 heterocycles. The maximum Gasteiger partial charge on any atom is 0.338 e. The van der Waals surface area contributed by atoms with Gasteiger partial charge >= 0.3 is 5.97 Å². The van der Waals surface area contributed by atoms with Gasteiger partial charge in [0.2, 0.25) is 0 Å². The minimum Gasteiger partial charge on any atom is -0.478 e. The lowest BCUT2D eigenvalue weighted by atomic mass is 9.89. The van der Waals surface area contributed by atoms with Crippen molar-refractivity contribution >= 4 is 17.7 Å². The number of hydrogen-bond donors (Lipinski definition) is 3. The topological polar surface area (TPSA) is 118 Å². The van der Waals surface area contributed by atoms with Gasteiger partial charge < -0.3 is 16.2 Å². The highest BCUT2D eigenvalue weighted by Crippen LogP contribution is 2.27. The second-order valence-corrected chi connectivity index (χ2v) is 5.62. The molecule has 0 aliphatic carbocycles. The number of aromatic carboxylic acids is 1. The number of hydrogen-bond acceptors (Lipinski definition) is 5. The van der Waals surface area contributed by atoms with Crippen LogP contribution in [-0.2, 0) is 11.2 Å². The van der Waals surface area contributed by atoms with Gasteiger partial charge in [0.25, 0.3) is 5.91 Å². The van der Waals surface area contributed by atoms with Crippen molar-refractivity contribution in [2.75, 3.05) is 7.05 Å². The number of nitrogens with zero attached hydrogens (tertiary/aromatic N) is 2. The van der Waals surface area contributed by atoms with E-state index in [9.17, 15) is 14.7 Å². The number of nitrogens with one attached hydrogen (secondary N) is 1. The highest BCUT2D eigenvalue weighted by Gasteiger charge is 2.43. The van der Waals surface area contributed by atoms with Crippen LogP contribution in [0.3, 0.4) is 0 Å². The second kappa shape index (κ2) is 7.32. The molecule has 0 spiro atoms. The van der Waals surface area contributed by atoms with Crippen LogP contribution in [0.1, 0.15) is 49.3 Å². The molecule has 0 radical (unpaired) electrons. The van der Waals surface area contributed by atoms with E-state index in [4.69, 9.17) is 0 Å². The molecule has 0 saturated carbocycles. The van der Waals surface area contributed by atoms with Gasteiger partial charge in [-0.1, -0.05) is 20.8 Å². The molecule has 0 bridgehead atoms. The summed E-state index contributed by atoms with van der Waals surface area (Å²) in [7, 11) is 1.50. The molecule has 126 valence electrons. The molecule has 1 aromatic rings. The lowest BCUT2D eigenvalue weighted by Gasteiger charge is -2.21. The number of pyridine rings is 1. The molecular formula is C16H24N4O3. The van der Waals surface area contributed by atoms with Gasteiger partial charge in [0.15, 0.2) is 5.84 Å². The number of carboxylic acid groups (broad SMARTS) is 1. The molecule has 0 fully saturated rings. The van der Waals surface area contributed by atoms with E-state index in [1.54, 1.807) is 19.2 Å². The molecule has 7 nitrogen and oxygen atoms in total. The Morgan fingerprint density at radius 3 is 2.48 bits per heavy atom. The van der Waals surface area contributed by atoms with Crippen LogP contribution < -0.4 is 11.1 Å². The summed E-state index contributed by atoms with van der Waals surface area (Å²) in [4.78, 5) is 32.1. The van der Waals surface area contributed by atoms with Crippen molar-refractivity contribution in [2.45, 2.75) is 39.7 Å². The van der Waals surface area contributed by atoms with Crippen molar-refractivity contribution in [3.63, 3.8) is 0 Å². The Hall–Kier alpha value is -2.28. The lowest BCUT2D eigenvalue weighted by molar-refractivity contribution is -0.124. The van der Waals surface area contributed by atoms with Crippen LogP contribution in [-0.4, -0.2) is 40.4 Å². The third kappa shape index (κ3) is 3.56. The SMILES string of the molecule is CCc1cnc(C2=NC(C)(C(C)C)C(=O)N2)c(C(=O)O)c1.CN. The van der Waals surface area contributed by atoms with Crippen LogP contribution in [0.15, 0.2) is 17.3 Å². The molecule has 0 aromatic carbocycles. The molecule has 1 atom stereocenters. The summed E-state index contributed by atoms with van der Waals surface area (Å²) in [5.74, 6) is -1.08. The first-order chi connectivity index (χ1) is 10.8. The summed E-state index contributed by atoms with van der Waals surface area (Å²) in [5, 5.41) is 12.0. The largest absolute Gasteiger partial charge is 0.478 e. The number of amidine groups is 1. The molecule has 1 aliphatic rings. The molecule has 4 N–H and O–H groups in total. The van der Waals surface area contributed by atoms with Gasteiger partial charge in [-0.2, -0.15) is 0 Å². The molecule has 1 unspecified atom stereocenters. The Balaban J connectivity index is 0.00000127. The number of aromatic nitrogens is 1. The molecule has 7 heteroatoms. The van der Waals surface area contributed by atoms with Gasteiger partial charge in [-0.15, -0.1) is 0 Å². The van der Waals surface area contributed by atoms with E-state index in [1.807, 2.05) is 20.8 Å². The van der Waals surface area contributed by atoms with Crippen molar-refractivity contribution in [1.29, 1.82) is 0 Å². The zero-order valence-corrected chi connectivity index (χ0v) is 14.2. The highest BCUT2D eigenvalue weighted by molar-refractivity contribution is 6.17. The normalized spacial score (nSPS) is 19.8. The summed E-state index contributed by atoms with van der Waals surface area (Å²) in [6.07, 6.45) is 2.30. The minimum absolute atomic E-state index is 0.00167. The van der Waals surface area contributed by atoms with Gasteiger partial charge in [-0.25, -0.2) is 9.79 Å². The predicted molar refractivity (Wildman–Crippen MR) is 88.6 cm³/mol. The van der Waals surface area contributed by atoms with Gasteiger partial charge in [-0.05, 0) is 37.9 Å². The van der Waals surface area contributed by atoms with Gasteiger partial charge in [0, 0.05) is 6.20 Å². The Morgan fingerprint density at radius 1 is 1.43 bits per heavy atom. The van der Waals surface area contributed by atoms with Crippen LogP contribution in [0.4, 0.5) is 0 Å². The lowest BCUT2D eigenvalue weighted by Crippen LogP contribution is -2.41. The third-order valence-electron chi connectivity index (χ3n) is 3.97. The fourth-order valence-corrected chi connectivity index (χ4v) is 2.10. The van der Waals surface area contributed by atoms with E-state index in [2.05, 4.69) is 21.0 Å². The van der Waals surface area contributed by atoms with Crippen LogP contribution in [0.5, 0.6) is 0 Å². The maximum absolute atomic E-state index is 12.1. The first-order valence-electron chi connectivity index (χ1n) is 7.51. The van der Waals surface area contributed by atoms with E-state index in [0.717, 1.165) is 5.56 Å². The number of aryl methyl sites for hydroxylation is 1. The maximum atomic E-state index is 12.1. The van der Waals surface area contributed by atoms with Gasteiger partial charge in [0.1, 0.15) is 11.2 Å². The fraction of sp³-hybridized carbons (Fsp3) is 0.500. The molecule has 1 amide bonds. The molecular weight excluding hydrogens is 296 g/mol. The Kier molecular flexibility index (Phi) is 5.98. The average Bonchev–Trinajstić information content (AvgIpc) is 2.85. The van der Waals surface area contributed by atoms with Crippen molar-refractivity contribution in [1.82, 2.24) is 10.3 Å². The number of carbonyl (C=O) groups is 2. The Labute approximate surface area is 136 Å². The van der Waals surface area contributed by atoms with E-state index in [1.165, 1.54) is 7.05 Å². The highest BCUT2D eigenvalue weighted by atomic mass is 16.4. The van der Waals surface area contributed by atoms with Crippen LogP contribution in [0.25, 0.3) is 0 Å². The van der Waals surface area contributed by atoms with Crippen molar-refractivity contribution in [2.24, 2.45) is 16.6 Å². The number of carboxylic acids is 1. The van der Waals surface area contributed by atoms with Crippen LogP contribution >= 0.6 is 0 Å². The zero-order valence-electron chi connectivity index (χ0n) is 14.2. The average molecular weight is 320 g/mol. The molecule has 0 saturated heterocycles. The number of aliphatic imine (C=N–C) groups is 1. The van der Waals surface area contributed by atoms with E-state index in [-0.39, 0.29) is 28.9 Å². The number of nitrogens with two attached hydrogens (primary N) is 1. The standard InChI is InChI=1S/C15H19N3O3.CH5N/c1-5-9-6-10(13(19)20)11(16-7-9)12-17-14(21)15(4,18-12)8(2)3;1-2/h6-8H,5H2,1-4H3,(H,19,20)(H,17,18,21);2H2,1H3. The van der Waals surface area contributed by atoms with Gasteiger partial charge in [-0.3, -0.25) is 9.78 Å². The number of amides is 1. The number of carbonyl (C=O) groups excluding carboxylic acids is 1. The smallest absolute Gasteiger partial charge is 0.338 e. The zero-order chi connectivity index (χ0) is 17.8. The van der Waals surface area contributed by atoms with E-state index in [0.29, 0.717) is 6.42 Å². The summed E-state index contributed by atoms with van der Waals surface area (Å²) in [5.41, 5.74) is 4.70. The summed E-state index contributed by atoms with van der Waals surface area (Å²) < 4.78 is 0. The molecule has 1 aliphatic heterocycles. The minimum atomic E-state index is -1.08. The predicted octanol–water partition coefficient (Wildman–Crippen LogP) is 1.21. The summed E-state index contributed by atoms with van der Waals surface area (Å²) in [6, 6.07) is 1.57. The Morgan fingerprint density at radius 2 is 2.04 bits per heavy atom. The monoisotopic (exact) mass is 320 g/mol. The fourth-order valence-electron chi connectivity index (χ4n) is 2.10. The first-order valence-corrected chi connectivity index (χ1v) is 7.51. The van der Waals surface area contributed by atoms with Crippen LogP contribution in [0.2, 0.25) is 0 Å². The number of rotatable bonds is 4. The quantitative estimate of drug-likeness (QED) is 0.770. The van der Waals surface area contributed by atoms with Gasteiger partial charge in [0.05, 0.1) is 5.56 Å². The van der Waals surface area contributed by atoms with Crippen LogP contribution in [0, 0.1) is 5.92 Å². The van der Waals surface area contributed by atoms with E-state index < -0.39 is 11.5 Å². The van der Waals surface area contributed by atoms with Crippen molar-refractivity contribution in [3.8, 4) is 0 Å². The molecule has 1 aromatic heterocycles. The second-order valence-electron chi connectivity index (χ2n) is 5.62. The van der Waals surface area contributed by atoms with E-state index >= 15 is 0 Å². The molecule has 23 heavy (non-hydrogen) atoms. The Bertz CT molecular complexity index is 640. The van der Waals surface area contributed by atoms with Crippen molar-refractivity contribution in [3.05, 3.63) is 29.1 Å². The summed E-state index contributed by atoms with van der Waals surface area (Å²) in [6.45, 7) is 7.46. The molecule has 2 rings (SSSR count). The first kappa shape index (κ1) is 18.8.